The van der Waals surface area contributed by atoms with E-state index < -0.39 is 0 Å². The summed E-state index contributed by atoms with van der Waals surface area (Å²) in [7, 11) is 0. The first-order chi connectivity index (χ1) is 15.7. The Kier molecular flexibility index (Phi) is 6.12. The van der Waals surface area contributed by atoms with E-state index in [1.54, 1.807) is 24.3 Å². The molecule has 2 aromatic heterocycles. The molecule has 5 rings (SSSR count). The van der Waals surface area contributed by atoms with Crippen molar-refractivity contribution in [3.05, 3.63) is 41.5 Å². The molecule has 1 aliphatic heterocycles. The number of carbonyl (C=O) groups excluding carboxylic acids is 1. The van der Waals surface area contributed by atoms with Gasteiger partial charge in [0.2, 0.25) is 5.89 Å². The summed E-state index contributed by atoms with van der Waals surface area (Å²) in [6.45, 7) is 2.55. The number of ether oxygens (including phenoxy) is 1. The summed E-state index contributed by atoms with van der Waals surface area (Å²) >= 11 is 5.88. The van der Waals surface area contributed by atoms with Gasteiger partial charge in [-0.25, -0.2) is 9.97 Å². The van der Waals surface area contributed by atoms with Crippen molar-refractivity contribution in [2.24, 2.45) is 0 Å². The minimum atomic E-state index is -0.0338. The van der Waals surface area contributed by atoms with Gasteiger partial charge in [-0.05, 0) is 37.1 Å². The fourth-order valence-electron chi connectivity index (χ4n) is 4.45. The molecule has 9 heteroatoms. The maximum absolute atomic E-state index is 12.6. The van der Waals surface area contributed by atoms with Crippen LogP contribution in [0, 0.1) is 0 Å². The summed E-state index contributed by atoms with van der Waals surface area (Å²) < 4.78 is 11.6. The van der Waals surface area contributed by atoms with Crippen LogP contribution in [-0.2, 0) is 4.79 Å². The van der Waals surface area contributed by atoms with E-state index in [9.17, 15) is 4.79 Å². The number of amides is 1. The molecule has 32 heavy (non-hydrogen) atoms. The largest absolute Gasteiger partial charge is 0.484 e. The predicted molar refractivity (Wildman–Crippen MR) is 121 cm³/mol. The van der Waals surface area contributed by atoms with Crippen LogP contribution >= 0.6 is 11.6 Å². The molecular formula is C23H26ClN5O3. The molecular weight excluding hydrogens is 430 g/mol. The lowest BCUT2D eigenvalue weighted by Crippen LogP contribution is -2.50. The Hall–Kier alpha value is -2.87. The second kappa shape index (κ2) is 9.32. The molecule has 0 atom stereocenters. The van der Waals surface area contributed by atoms with Gasteiger partial charge in [0.1, 0.15) is 12.1 Å². The highest BCUT2D eigenvalue weighted by Gasteiger charge is 2.27. The number of rotatable bonds is 5. The van der Waals surface area contributed by atoms with Crippen LogP contribution in [0.25, 0.3) is 11.2 Å². The summed E-state index contributed by atoms with van der Waals surface area (Å²) in [4.78, 5) is 30.1. The topological polar surface area (TPSA) is 84.6 Å². The third-order valence-corrected chi connectivity index (χ3v) is 6.51. The third kappa shape index (κ3) is 4.50. The smallest absolute Gasteiger partial charge is 0.260 e. The Morgan fingerprint density at radius 2 is 1.81 bits per heavy atom. The summed E-state index contributed by atoms with van der Waals surface area (Å²) in [5.41, 5.74) is 1.27. The van der Waals surface area contributed by atoms with Crippen molar-refractivity contribution in [1.82, 2.24) is 19.9 Å². The summed E-state index contributed by atoms with van der Waals surface area (Å²) in [5, 5.41) is 0.636. The van der Waals surface area contributed by atoms with Gasteiger partial charge in [-0.2, -0.15) is 4.98 Å². The van der Waals surface area contributed by atoms with Crippen LogP contribution < -0.4 is 9.64 Å². The van der Waals surface area contributed by atoms with Crippen molar-refractivity contribution in [2.45, 2.75) is 38.0 Å². The molecule has 0 radical (unpaired) electrons. The van der Waals surface area contributed by atoms with Crippen LogP contribution in [0.5, 0.6) is 5.75 Å². The lowest BCUT2D eigenvalue weighted by atomic mass is 9.89. The van der Waals surface area contributed by atoms with Gasteiger partial charge in [-0.1, -0.05) is 30.9 Å². The maximum atomic E-state index is 12.6. The molecule has 1 aliphatic carbocycles. The minimum Gasteiger partial charge on any atom is -0.484 e. The van der Waals surface area contributed by atoms with Crippen LogP contribution in [-0.4, -0.2) is 58.5 Å². The van der Waals surface area contributed by atoms with Crippen LogP contribution in [0.4, 0.5) is 5.82 Å². The first kappa shape index (κ1) is 21.0. The molecule has 1 saturated carbocycles. The van der Waals surface area contributed by atoms with E-state index >= 15 is 0 Å². The number of hydrogen-bond acceptors (Lipinski definition) is 7. The molecule has 8 nitrogen and oxygen atoms in total. The van der Waals surface area contributed by atoms with Crippen molar-refractivity contribution in [3.8, 4) is 5.75 Å². The number of hydrogen-bond donors (Lipinski definition) is 0. The highest BCUT2D eigenvalue weighted by molar-refractivity contribution is 6.30. The monoisotopic (exact) mass is 455 g/mol. The normalized spacial score (nSPS) is 17.7. The van der Waals surface area contributed by atoms with Crippen molar-refractivity contribution < 1.29 is 13.9 Å². The molecule has 2 aliphatic rings. The lowest BCUT2D eigenvalue weighted by molar-refractivity contribution is -0.133. The fourth-order valence-corrected chi connectivity index (χ4v) is 4.57. The SMILES string of the molecule is O=C(COc1ccc(Cl)cc1)N1CCN(c2ncnc3oc(C4CCCCC4)nc23)CC1. The Labute approximate surface area is 191 Å². The third-order valence-electron chi connectivity index (χ3n) is 6.25. The van der Waals surface area contributed by atoms with Crippen molar-refractivity contribution in [2.75, 3.05) is 37.7 Å². The first-order valence-electron chi connectivity index (χ1n) is 11.2. The zero-order valence-corrected chi connectivity index (χ0v) is 18.6. The van der Waals surface area contributed by atoms with Gasteiger partial charge in [0.25, 0.3) is 11.6 Å². The molecule has 1 amide bonds. The van der Waals surface area contributed by atoms with Crippen LogP contribution in [0.2, 0.25) is 5.02 Å². The molecule has 0 spiro atoms. The number of benzene rings is 1. The predicted octanol–water partition coefficient (Wildman–Crippen LogP) is 4.05. The van der Waals surface area contributed by atoms with E-state index in [0.717, 1.165) is 30.1 Å². The second-order valence-corrected chi connectivity index (χ2v) is 8.78. The summed E-state index contributed by atoms with van der Waals surface area (Å²) in [5.74, 6) is 2.54. The number of oxazole rings is 1. The molecule has 0 bridgehead atoms. The molecule has 1 saturated heterocycles. The molecule has 3 heterocycles. The average molecular weight is 456 g/mol. The van der Waals surface area contributed by atoms with Gasteiger partial charge in [0, 0.05) is 37.1 Å². The van der Waals surface area contributed by atoms with Crippen molar-refractivity contribution >= 4 is 34.6 Å². The number of aromatic nitrogens is 3. The maximum Gasteiger partial charge on any atom is 0.260 e. The quantitative estimate of drug-likeness (QED) is 0.573. The number of piperazine rings is 1. The molecule has 0 N–H and O–H groups in total. The van der Waals surface area contributed by atoms with E-state index in [2.05, 4.69) is 14.9 Å². The van der Waals surface area contributed by atoms with Gasteiger partial charge >= 0.3 is 0 Å². The minimum absolute atomic E-state index is 0.00736. The van der Waals surface area contributed by atoms with E-state index in [1.807, 2.05) is 4.90 Å². The number of fused-ring (bicyclic) bond motifs is 1. The summed E-state index contributed by atoms with van der Waals surface area (Å²) in [6.07, 6.45) is 7.50. The van der Waals surface area contributed by atoms with Crippen LogP contribution in [0.3, 0.4) is 0 Å². The van der Waals surface area contributed by atoms with Gasteiger partial charge in [0.05, 0.1) is 0 Å². The zero-order valence-electron chi connectivity index (χ0n) is 17.9. The Balaban J connectivity index is 1.21. The first-order valence-corrected chi connectivity index (χ1v) is 11.6. The van der Waals surface area contributed by atoms with Gasteiger partial charge < -0.3 is 19.0 Å². The molecule has 0 unspecified atom stereocenters. The summed E-state index contributed by atoms with van der Waals surface area (Å²) in [6, 6.07) is 7.00. The standard InChI is InChI=1S/C23H26ClN5O3/c24-17-6-8-18(9-7-17)31-14-19(30)28-10-12-29(13-11-28)21-20-23(26-15-25-21)32-22(27-20)16-4-2-1-3-5-16/h6-9,15-16H,1-5,10-14H2. The van der Waals surface area contributed by atoms with Crippen LogP contribution in [0.15, 0.2) is 35.0 Å². The van der Waals surface area contributed by atoms with Crippen LogP contribution in [0.1, 0.15) is 43.9 Å². The highest BCUT2D eigenvalue weighted by atomic mass is 35.5. The van der Waals surface area contributed by atoms with E-state index in [1.165, 1.54) is 25.6 Å². The number of carbonyl (C=O) groups is 1. The van der Waals surface area contributed by atoms with Gasteiger partial charge in [-0.15, -0.1) is 0 Å². The van der Waals surface area contributed by atoms with E-state index in [0.29, 0.717) is 48.6 Å². The Morgan fingerprint density at radius 3 is 2.56 bits per heavy atom. The van der Waals surface area contributed by atoms with Gasteiger partial charge in [-0.3, -0.25) is 4.79 Å². The van der Waals surface area contributed by atoms with Crippen molar-refractivity contribution in [3.63, 3.8) is 0 Å². The zero-order chi connectivity index (χ0) is 21.9. The number of nitrogens with zero attached hydrogens (tertiary/aromatic N) is 5. The Morgan fingerprint density at radius 1 is 1.06 bits per heavy atom. The number of halogens is 1. The number of anilines is 1. The molecule has 3 aromatic rings. The molecule has 168 valence electrons. The second-order valence-electron chi connectivity index (χ2n) is 8.35. The van der Waals surface area contributed by atoms with Crippen molar-refractivity contribution in [1.29, 1.82) is 0 Å². The fraction of sp³-hybridized carbons (Fsp3) is 0.478. The molecule has 1 aromatic carbocycles. The molecule has 2 fully saturated rings. The lowest BCUT2D eigenvalue weighted by Gasteiger charge is -2.35. The Bertz CT molecular complexity index is 1070. The van der Waals surface area contributed by atoms with Gasteiger partial charge in [0.15, 0.2) is 17.9 Å². The van der Waals surface area contributed by atoms with E-state index in [4.69, 9.17) is 25.7 Å². The average Bonchev–Trinajstić information content (AvgIpc) is 3.29. The van der Waals surface area contributed by atoms with E-state index in [-0.39, 0.29) is 12.5 Å². The highest BCUT2D eigenvalue weighted by Crippen LogP contribution is 2.34.